The fourth-order valence-electron chi connectivity index (χ4n) is 3.28. The van der Waals surface area contributed by atoms with Gasteiger partial charge < -0.3 is 4.90 Å². The van der Waals surface area contributed by atoms with E-state index >= 15 is 0 Å². The van der Waals surface area contributed by atoms with Crippen LogP contribution >= 0.6 is 0 Å². The summed E-state index contributed by atoms with van der Waals surface area (Å²) >= 11 is 0. The van der Waals surface area contributed by atoms with Crippen LogP contribution in [0.2, 0.25) is 0 Å². The molecule has 0 unspecified atom stereocenters. The Hall–Kier alpha value is -3.66. The van der Waals surface area contributed by atoms with Gasteiger partial charge in [-0.1, -0.05) is 66.2 Å². The molecule has 138 valence electrons. The summed E-state index contributed by atoms with van der Waals surface area (Å²) in [5.74, 6) is -0.635. The van der Waals surface area contributed by atoms with Crippen LogP contribution in [0.15, 0.2) is 96.7 Å². The van der Waals surface area contributed by atoms with Gasteiger partial charge in [0.15, 0.2) is 0 Å². The lowest BCUT2D eigenvalue weighted by atomic mass is 10.1. The first-order valence-corrected chi connectivity index (χ1v) is 9.17. The number of hydrogen-bond acceptors (Lipinski definition) is 3. The van der Waals surface area contributed by atoms with Crippen LogP contribution in [0, 0.1) is 6.92 Å². The number of rotatable bonds is 5. The molecule has 0 radical (unpaired) electrons. The first kappa shape index (κ1) is 17.7. The number of carbonyl (C=O) groups is 2. The highest BCUT2D eigenvalue weighted by atomic mass is 16.2. The second kappa shape index (κ2) is 7.53. The van der Waals surface area contributed by atoms with Crippen molar-refractivity contribution in [3.05, 3.63) is 108 Å². The van der Waals surface area contributed by atoms with Gasteiger partial charge in [0.2, 0.25) is 0 Å². The first-order chi connectivity index (χ1) is 13.6. The minimum Gasteiger partial charge on any atom is -0.332 e. The third kappa shape index (κ3) is 3.45. The summed E-state index contributed by atoms with van der Waals surface area (Å²) in [5, 5.41) is 0. The van der Waals surface area contributed by atoms with Crippen molar-refractivity contribution in [1.29, 1.82) is 0 Å². The van der Waals surface area contributed by atoms with E-state index in [1.165, 1.54) is 11.0 Å². The average molecular weight is 368 g/mol. The highest BCUT2D eigenvalue weighted by Gasteiger charge is 2.35. The molecule has 1 aliphatic rings. The van der Waals surface area contributed by atoms with Gasteiger partial charge in [0, 0.05) is 18.3 Å². The monoisotopic (exact) mass is 368 g/mol. The van der Waals surface area contributed by atoms with Crippen molar-refractivity contribution in [2.24, 2.45) is 0 Å². The van der Waals surface area contributed by atoms with Gasteiger partial charge in [0.1, 0.15) is 5.70 Å². The molecule has 28 heavy (non-hydrogen) atoms. The zero-order valence-electron chi connectivity index (χ0n) is 15.6. The molecule has 2 amide bonds. The van der Waals surface area contributed by atoms with Crippen LogP contribution in [-0.2, 0) is 16.1 Å². The molecule has 0 spiro atoms. The lowest BCUT2D eigenvalue weighted by Gasteiger charge is -2.26. The standard InChI is InChI=1S/C24H20N2O2/c1-18-12-14-20(15-13-18)25(17-19-8-4-2-5-9-19)22-16-23(27)26(24(22)28)21-10-6-3-7-11-21/h2-16H,17H2,1H3. The SMILES string of the molecule is Cc1ccc(N(Cc2ccccc2)C2=CC(=O)N(c3ccccc3)C2=O)cc1. The number of para-hydroxylation sites is 1. The smallest absolute Gasteiger partial charge is 0.282 e. The molecule has 3 aromatic carbocycles. The normalized spacial score (nSPS) is 13.6. The highest BCUT2D eigenvalue weighted by Crippen LogP contribution is 2.29. The van der Waals surface area contributed by atoms with Crippen LogP contribution in [0.1, 0.15) is 11.1 Å². The Kier molecular flexibility index (Phi) is 4.77. The van der Waals surface area contributed by atoms with Gasteiger partial charge in [-0.05, 0) is 36.8 Å². The number of hydrogen-bond donors (Lipinski definition) is 0. The molecular formula is C24H20N2O2. The largest absolute Gasteiger partial charge is 0.332 e. The van der Waals surface area contributed by atoms with Crippen molar-refractivity contribution >= 4 is 23.2 Å². The third-order valence-electron chi connectivity index (χ3n) is 4.74. The van der Waals surface area contributed by atoms with E-state index in [0.717, 1.165) is 16.8 Å². The van der Waals surface area contributed by atoms with Crippen LogP contribution in [0.3, 0.4) is 0 Å². The summed E-state index contributed by atoms with van der Waals surface area (Å²) in [6, 6.07) is 26.9. The van der Waals surface area contributed by atoms with E-state index < -0.39 is 0 Å². The summed E-state index contributed by atoms with van der Waals surface area (Å²) in [6.45, 7) is 2.52. The number of nitrogens with zero attached hydrogens (tertiary/aromatic N) is 2. The van der Waals surface area contributed by atoms with E-state index in [1.807, 2.05) is 84.6 Å². The van der Waals surface area contributed by atoms with Crippen LogP contribution in [0.25, 0.3) is 0 Å². The van der Waals surface area contributed by atoms with Gasteiger partial charge in [-0.15, -0.1) is 0 Å². The molecule has 1 heterocycles. The fourth-order valence-corrected chi connectivity index (χ4v) is 3.28. The number of benzene rings is 3. The summed E-state index contributed by atoms with van der Waals surface area (Å²) < 4.78 is 0. The molecule has 4 nitrogen and oxygen atoms in total. The molecule has 0 fully saturated rings. The summed E-state index contributed by atoms with van der Waals surface area (Å²) in [5.41, 5.74) is 4.02. The van der Waals surface area contributed by atoms with Gasteiger partial charge in [0.05, 0.1) is 5.69 Å². The molecular weight excluding hydrogens is 348 g/mol. The Morgan fingerprint density at radius 3 is 2.04 bits per heavy atom. The quantitative estimate of drug-likeness (QED) is 0.625. The summed E-state index contributed by atoms with van der Waals surface area (Å²) in [6.07, 6.45) is 1.43. The lowest BCUT2D eigenvalue weighted by molar-refractivity contribution is -0.120. The average Bonchev–Trinajstić information content (AvgIpc) is 3.02. The van der Waals surface area contributed by atoms with E-state index in [9.17, 15) is 9.59 Å². The molecule has 0 N–H and O–H groups in total. The predicted molar refractivity (Wildman–Crippen MR) is 111 cm³/mol. The topological polar surface area (TPSA) is 40.6 Å². The minimum absolute atomic E-state index is 0.312. The molecule has 4 rings (SSSR count). The zero-order valence-corrected chi connectivity index (χ0v) is 15.6. The second-order valence-corrected chi connectivity index (χ2v) is 6.75. The van der Waals surface area contributed by atoms with Crippen molar-refractivity contribution in [2.75, 3.05) is 9.80 Å². The van der Waals surface area contributed by atoms with Crippen molar-refractivity contribution in [3.8, 4) is 0 Å². The van der Waals surface area contributed by atoms with E-state index in [2.05, 4.69) is 0 Å². The number of anilines is 2. The summed E-state index contributed by atoms with van der Waals surface area (Å²) in [7, 11) is 0. The Labute approximate surface area is 164 Å². The number of aryl methyl sites for hydroxylation is 1. The molecule has 1 aliphatic heterocycles. The molecule has 3 aromatic rings. The van der Waals surface area contributed by atoms with Crippen LogP contribution in [-0.4, -0.2) is 11.8 Å². The highest BCUT2D eigenvalue weighted by molar-refractivity contribution is 6.31. The van der Waals surface area contributed by atoms with Gasteiger partial charge in [-0.3, -0.25) is 9.59 Å². The van der Waals surface area contributed by atoms with Crippen LogP contribution in [0.4, 0.5) is 11.4 Å². The number of carbonyl (C=O) groups excluding carboxylic acids is 2. The Morgan fingerprint density at radius 2 is 1.39 bits per heavy atom. The van der Waals surface area contributed by atoms with Crippen molar-refractivity contribution in [2.45, 2.75) is 13.5 Å². The zero-order chi connectivity index (χ0) is 19.5. The third-order valence-corrected chi connectivity index (χ3v) is 4.74. The van der Waals surface area contributed by atoms with Crippen molar-refractivity contribution in [3.63, 3.8) is 0 Å². The Balaban J connectivity index is 1.72. The number of amides is 2. The molecule has 0 bridgehead atoms. The molecule has 0 saturated heterocycles. The summed E-state index contributed by atoms with van der Waals surface area (Å²) in [4.78, 5) is 28.9. The van der Waals surface area contributed by atoms with E-state index in [4.69, 9.17) is 0 Å². The van der Waals surface area contributed by atoms with E-state index in [1.54, 1.807) is 12.1 Å². The fraction of sp³-hybridized carbons (Fsp3) is 0.0833. The van der Waals surface area contributed by atoms with Crippen molar-refractivity contribution in [1.82, 2.24) is 0 Å². The molecule has 4 heteroatoms. The van der Waals surface area contributed by atoms with Gasteiger partial charge in [0.25, 0.3) is 11.8 Å². The van der Waals surface area contributed by atoms with E-state index in [0.29, 0.717) is 17.9 Å². The molecule has 0 aliphatic carbocycles. The van der Waals surface area contributed by atoms with Crippen molar-refractivity contribution < 1.29 is 9.59 Å². The number of imide groups is 1. The molecule has 0 atom stereocenters. The maximum Gasteiger partial charge on any atom is 0.282 e. The van der Waals surface area contributed by atoms with Crippen LogP contribution in [0.5, 0.6) is 0 Å². The maximum atomic E-state index is 13.2. The van der Waals surface area contributed by atoms with Crippen LogP contribution < -0.4 is 9.80 Å². The van der Waals surface area contributed by atoms with Gasteiger partial charge in [-0.25, -0.2) is 4.90 Å². The minimum atomic E-state index is -0.323. The lowest BCUT2D eigenvalue weighted by Crippen LogP contribution is -2.35. The van der Waals surface area contributed by atoms with E-state index in [-0.39, 0.29) is 11.8 Å². The first-order valence-electron chi connectivity index (χ1n) is 9.17. The Bertz CT molecular complexity index is 1030. The molecule has 0 aromatic heterocycles. The Morgan fingerprint density at radius 1 is 0.786 bits per heavy atom. The second-order valence-electron chi connectivity index (χ2n) is 6.75. The van der Waals surface area contributed by atoms with Gasteiger partial charge >= 0.3 is 0 Å². The molecule has 0 saturated carbocycles. The predicted octanol–water partition coefficient (Wildman–Crippen LogP) is 4.46. The van der Waals surface area contributed by atoms with Gasteiger partial charge in [-0.2, -0.15) is 0 Å². The maximum absolute atomic E-state index is 13.2.